The Morgan fingerprint density at radius 3 is 2.43 bits per heavy atom. The number of carbonyl (C=O) groups is 1. The maximum Gasteiger partial charge on any atom is 0.270 e. The summed E-state index contributed by atoms with van der Waals surface area (Å²) in [6.45, 7) is 4.78. The van der Waals surface area contributed by atoms with Crippen molar-refractivity contribution in [2.24, 2.45) is 5.10 Å². The normalized spacial score (nSPS) is 16.5. The van der Waals surface area contributed by atoms with Crippen LogP contribution in [0.4, 0.5) is 17.1 Å². The van der Waals surface area contributed by atoms with Crippen LogP contribution in [0.25, 0.3) is 0 Å². The zero-order valence-corrected chi connectivity index (χ0v) is 22.4. The number of piperidine rings is 1. The Balaban J connectivity index is 1.96. The van der Waals surface area contributed by atoms with Gasteiger partial charge in [0.25, 0.3) is 5.69 Å². The summed E-state index contributed by atoms with van der Waals surface area (Å²) in [5.41, 5.74) is 4.26. The van der Waals surface area contributed by atoms with Crippen molar-refractivity contribution in [2.45, 2.75) is 44.0 Å². The molecule has 3 rings (SSSR count). The van der Waals surface area contributed by atoms with E-state index in [2.05, 4.69) is 10.5 Å². The van der Waals surface area contributed by atoms with Gasteiger partial charge in [0.2, 0.25) is 15.9 Å². The van der Waals surface area contributed by atoms with E-state index in [1.54, 1.807) is 4.90 Å². The molecule has 0 aromatic heterocycles. The van der Waals surface area contributed by atoms with Gasteiger partial charge in [0.05, 0.1) is 16.8 Å². The monoisotopic (exact) mass is 530 g/mol. The van der Waals surface area contributed by atoms with Gasteiger partial charge in [-0.15, -0.1) is 0 Å². The van der Waals surface area contributed by atoms with E-state index < -0.39 is 21.0 Å². The summed E-state index contributed by atoms with van der Waals surface area (Å²) in [4.78, 5) is 27.3. The molecule has 2 aromatic carbocycles. The van der Waals surface area contributed by atoms with E-state index in [0.717, 1.165) is 23.7 Å². The fourth-order valence-corrected chi connectivity index (χ4v) is 6.09. The quantitative estimate of drug-likeness (QED) is 0.283. The number of nitro groups is 1. The van der Waals surface area contributed by atoms with Crippen LogP contribution in [-0.2, 0) is 14.8 Å². The van der Waals surface area contributed by atoms with Crippen molar-refractivity contribution < 1.29 is 18.1 Å². The minimum Gasteiger partial charge on any atom is -0.378 e. The third-order valence-corrected chi connectivity index (χ3v) is 8.33. The summed E-state index contributed by atoms with van der Waals surface area (Å²) >= 11 is 0. The third-order valence-electron chi connectivity index (χ3n) is 6.38. The number of benzene rings is 2. The van der Waals surface area contributed by atoms with E-state index >= 15 is 0 Å². The van der Waals surface area contributed by atoms with Crippen LogP contribution in [0.2, 0.25) is 0 Å². The number of non-ortho nitro benzene ring substituents is 1. The van der Waals surface area contributed by atoms with Crippen LogP contribution in [0.3, 0.4) is 0 Å². The first kappa shape index (κ1) is 28.1. The lowest BCUT2D eigenvalue weighted by Gasteiger charge is -2.36. The van der Waals surface area contributed by atoms with Crippen LogP contribution in [0.15, 0.2) is 52.5 Å². The summed E-state index contributed by atoms with van der Waals surface area (Å²) in [5.74, 6) is -0.257. The number of nitrogens with zero attached hydrogens (tertiary/aromatic N) is 5. The van der Waals surface area contributed by atoms with Gasteiger partial charge in [-0.25, -0.2) is 8.42 Å². The molecule has 1 heterocycles. The van der Waals surface area contributed by atoms with Crippen molar-refractivity contribution in [3.63, 3.8) is 0 Å². The van der Waals surface area contributed by atoms with Gasteiger partial charge < -0.3 is 9.80 Å². The summed E-state index contributed by atoms with van der Waals surface area (Å²) < 4.78 is 28.9. The van der Waals surface area contributed by atoms with Gasteiger partial charge in [-0.05, 0) is 50.5 Å². The molecule has 0 spiro atoms. The van der Waals surface area contributed by atoms with Crippen LogP contribution >= 0.6 is 0 Å². The highest BCUT2D eigenvalue weighted by Gasteiger charge is 2.40. The molecule has 1 saturated heterocycles. The summed E-state index contributed by atoms with van der Waals surface area (Å²) in [7, 11) is -0.395. The van der Waals surface area contributed by atoms with Crippen molar-refractivity contribution in [2.75, 3.05) is 44.1 Å². The first-order valence-corrected chi connectivity index (χ1v) is 13.7. The molecule has 1 fully saturated rings. The molecule has 12 heteroatoms. The molecule has 0 aliphatic carbocycles. The number of sulfonamides is 1. The fraction of sp³-hybridized carbons (Fsp3) is 0.440. The Hall–Kier alpha value is -3.51. The van der Waals surface area contributed by atoms with Crippen LogP contribution < -0.4 is 10.3 Å². The van der Waals surface area contributed by atoms with E-state index in [9.17, 15) is 23.3 Å². The number of rotatable bonds is 10. The van der Waals surface area contributed by atoms with Crippen molar-refractivity contribution in [3.8, 4) is 0 Å². The number of carbonyl (C=O) groups excluding carboxylic acids is 1. The maximum atomic E-state index is 13.9. The van der Waals surface area contributed by atoms with Gasteiger partial charge in [-0.3, -0.25) is 20.3 Å². The van der Waals surface area contributed by atoms with Crippen molar-refractivity contribution in [1.82, 2.24) is 9.21 Å². The molecule has 1 N–H and O–H groups in total. The third kappa shape index (κ3) is 6.44. The Morgan fingerprint density at radius 2 is 1.84 bits per heavy atom. The molecular weight excluding hydrogens is 496 g/mol. The molecule has 200 valence electrons. The summed E-state index contributed by atoms with van der Waals surface area (Å²) in [6, 6.07) is 10.3. The molecule has 2 aromatic rings. The standard InChI is InChI=1S/C25H34N6O5S/c1-5-29(6-2)25(32)23-9-7-8-16-30(23)37(35,36)24-17-21(31(33)34)14-15-22(24)27-26-18-19-10-12-20(13-11-19)28(3)4/h10-15,17-18,23,27H,5-9,16H2,1-4H3/b26-18-/t23-/m1/s1. The van der Waals surface area contributed by atoms with E-state index in [4.69, 9.17) is 0 Å². The molecule has 37 heavy (non-hydrogen) atoms. The first-order chi connectivity index (χ1) is 17.6. The zero-order chi connectivity index (χ0) is 27.2. The molecule has 1 aliphatic rings. The number of likely N-dealkylation sites (N-methyl/N-ethyl adjacent to an activating group) is 1. The lowest BCUT2D eigenvalue weighted by Crippen LogP contribution is -2.52. The molecule has 0 saturated carbocycles. The van der Waals surface area contributed by atoms with Gasteiger partial charge in [0.1, 0.15) is 10.9 Å². The van der Waals surface area contributed by atoms with Gasteiger partial charge in [-0.2, -0.15) is 9.41 Å². The van der Waals surface area contributed by atoms with Crippen LogP contribution in [-0.4, -0.2) is 74.4 Å². The van der Waals surface area contributed by atoms with Crippen molar-refractivity contribution in [1.29, 1.82) is 0 Å². The van der Waals surface area contributed by atoms with Crippen molar-refractivity contribution in [3.05, 3.63) is 58.1 Å². The molecule has 11 nitrogen and oxygen atoms in total. The number of anilines is 2. The van der Waals surface area contributed by atoms with Crippen LogP contribution in [0.1, 0.15) is 38.7 Å². The Labute approximate surface area is 217 Å². The molecule has 0 radical (unpaired) electrons. The molecule has 1 amide bonds. The predicted octanol–water partition coefficient (Wildman–Crippen LogP) is 3.52. The smallest absolute Gasteiger partial charge is 0.270 e. The molecule has 0 bridgehead atoms. The SMILES string of the molecule is CCN(CC)C(=O)[C@H]1CCCCN1S(=O)(=O)c1cc([N+](=O)[O-])ccc1N/N=C\c1ccc(N(C)C)cc1. The Kier molecular flexibility index (Phi) is 9.22. The van der Waals surface area contributed by atoms with Crippen molar-refractivity contribution >= 4 is 39.2 Å². The molecule has 1 aliphatic heterocycles. The van der Waals surface area contributed by atoms with Gasteiger partial charge in [0, 0.05) is 51.5 Å². The summed E-state index contributed by atoms with van der Waals surface area (Å²) in [6.07, 6.45) is 3.25. The van der Waals surface area contributed by atoms with E-state index in [-0.39, 0.29) is 28.7 Å². The second-order valence-electron chi connectivity index (χ2n) is 8.93. The highest BCUT2D eigenvalue weighted by atomic mass is 32.2. The second-order valence-corrected chi connectivity index (χ2v) is 10.8. The van der Waals surface area contributed by atoms with E-state index in [0.29, 0.717) is 25.9 Å². The van der Waals surface area contributed by atoms with E-state index in [1.165, 1.54) is 22.7 Å². The van der Waals surface area contributed by atoms with Crippen LogP contribution in [0.5, 0.6) is 0 Å². The summed E-state index contributed by atoms with van der Waals surface area (Å²) in [5, 5.41) is 15.6. The lowest BCUT2D eigenvalue weighted by atomic mass is 10.0. The second kappa shape index (κ2) is 12.2. The minimum absolute atomic E-state index is 0.0892. The highest BCUT2D eigenvalue weighted by molar-refractivity contribution is 7.89. The molecule has 0 unspecified atom stereocenters. The minimum atomic E-state index is -4.26. The lowest BCUT2D eigenvalue weighted by molar-refractivity contribution is -0.385. The average molecular weight is 531 g/mol. The number of nitro benzene ring substituents is 1. The van der Waals surface area contributed by atoms with Gasteiger partial charge >= 0.3 is 0 Å². The average Bonchev–Trinajstić information content (AvgIpc) is 2.89. The van der Waals surface area contributed by atoms with Gasteiger partial charge in [-0.1, -0.05) is 18.6 Å². The van der Waals surface area contributed by atoms with Gasteiger partial charge in [0.15, 0.2) is 0 Å². The molecule has 1 atom stereocenters. The topological polar surface area (TPSA) is 128 Å². The Bertz CT molecular complexity index is 1240. The number of hydrazone groups is 1. The van der Waals surface area contributed by atoms with E-state index in [1.807, 2.05) is 57.1 Å². The number of amides is 1. The number of hydrogen-bond acceptors (Lipinski definition) is 8. The maximum absolute atomic E-state index is 13.9. The Morgan fingerprint density at radius 1 is 1.16 bits per heavy atom. The van der Waals surface area contributed by atoms with Crippen LogP contribution in [0, 0.1) is 10.1 Å². The fourth-order valence-electron chi connectivity index (χ4n) is 4.28. The predicted molar refractivity (Wildman–Crippen MR) is 145 cm³/mol. The number of nitrogens with one attached hydrogen (secondary N) is 1. The first-order valence-electron chi connectivity index (χ1n) is 12.3. The number of hydrogen-bond donors (Lipinski definition) is 1. The molecular formula is C25H34N6O5S. The zero-order valence-electron chi connectivity index (χ0n) is 21.6. The highest BCUT2D eigenvalue weighted by Crippen LogP contribution is 2.33. The largest absolute Gasteiger partial charge is 0.378 e.